The Morgan fingerprint density at radius 2 is 1.89 bits per heavy atom. The first-order valence-corrected chi connectivity index (χ1v) is 9.07. The van der Waals surface area contributed by atoms with Crippen molar-refractivity contribution in [1.82, 2.24) is 14.7 Å². The summed E-state index contributed by atoms with van der Waals surface area (Å²) in [7, 11) is 0. The molecule has 1 amide bonds. The first-order chi connectivity index (χ1) is 13.0. The molecule has 27 heavy (non-hydrogen) atoms. The second kappa shape index (κ2) is 6.90. The number of aromatic nitrogens is 2. The maximum absolute atomic E-state index is 13.0. The normalized spacial score (nSPS) is 16.1. The fourth-order valence-corrected chi connectivity index (χ4v) is 3.46. The molecule has 2 heterocycles. The third-order valence-electron chi connectivity index (χ3n) is 4.74. The molecule has 2 aromatic carbocycles. The van der Waals surface area contributed by atoms with Crippen molar-refractivity contribution in [1.29, 1.82) is 5.26 Å². The Labute approximate surface area is 162 Å². The highest BCUT2D eigenvalue weighted by Crippen LogP contribution is 2.28. The van der Waals surface area contributed by atoms with Gasteiger partial charge in [0, 0.05) is 23.7 Å². The lowest BCUT2D eigenvalue weighted by Gasteiger charge is -2.31. The van der Waals surface area contributed by atoms with Crippen molar-refractivity contribution in [3.05, 3.63) is 76.4 Å². The van der Waals surface area contributed by atoms with Gasteiger partial charge in [0.15, 0.2) is 0 Å². The molecule has 1 aliphatic rings. The van der Waals surface area contributed by atoms with Gasteiger partial charge in [-0.3, -0.25) is 9.48 Å². The molecule has 0 N–H and O–H groups in total. The Bertz CT molecular complexity index is 1030. The molecular weight excluding hydrogens is 360 g/mol. The Balaban J connectivity index is 1.61. The second-order valence-electron chi connectivity index (χ2n) is 6.71. The van der Waals surface area contributed by atoms with E-state index in [4.69, 9.17) is 16.9 Å². The van der Waals surface area contributed by atoms with Crippen molar-refractivity contribution in [3.8, 4) is 17.3 Å². The summed E-state index contributed by atoms with van der Waals surface area (Å²) in [5.74, 6) is -0.0369. The summed E-state index contributed by atoms with van der Waals surface area (Å²) in [5.41, 5.74) is 3.90. The highest BCUT2D eigenvalue weighted by Gasteiger charge is 2.30. The van der Waals surface area contributed by atoms with E-state index in [0.29, 0.717) is 29.4 Å². The van der Waals surface area contributed by atoms with Crippen LogP contribution < -0.4 is 0 Å². The maximum Gasteiger partial charge on any atom is 0.272 e. The molecule has 0 saturated heterocycles. The second-order valence-corrected chi connectivity index (χ2v) is 7.15. The average Bonchev–Trinajstić information content (AvgIpc) is 3.13. The molecule has 134 valence electrons. The summed E-state index contributed by atoms with van der Waals surface area (Å²) in [6.45, 7) is 3.16. The van der Waals surface area contributed by atoms with Gasteiger partial charge in [-0.15, -0.1) is 0 Å². The van der Waals surface area contributed by atoms with E-state index in [1.807, 2.05) is 52.0 Å². The van der Waals surface area contributed by atoms with E-state index in [9.17, 15) is 4.79 Å². The topological polar surface area (TPSA) is 61.9 Å². The van der Waals surface area contributed by atoms with E-state index in [1.165, 1.54) is 0 Å². The monoisotopic (exact) mass is 376 g/mol. The van der Waals surface area contributed by atoms with Crippen molar-refractivity contribution in [2.45, 2.75) is 19.5 Å². The number of nitrogens with zero attached hydrogens (tertiary/aromatic N) is 4. The smallest absolute Gasteiger partial charge is 0.272 e. The summed E-state index contributed by atoms with van der Waals surface area (Å²) in [4.78, 5) is 14.8. The number of fused-ring (bicyclic) bond motifs is 1. The maximum atomic E-state index is 13.0. The molecule has 5 nitrogen and oxygen atoms in total. The number of halogens is 1. The van der Waals surface area contributed by atoms with Crippen molar-refractivity contribution < 1.29 is 4.79 Å². The zero-order valence-corrected chi connectivity index (χ0v) is 15.5. The number of benzene rings is 2. The summed E-state index contributed by atoms with van der Waals surface area (Å²) >= 11 is 5.96. The number of hydrogen-bond donors (Lipinski definition) is 0. The predicted octanol–water partition coefficient (Wildman–Crippen LogP) is 4.29. The van der Waals surface area contributed by atoms with Crippen molar-refractivity contribution >= 4 is 17.5 Å². The summed E-state index contributed by atoms with van der Waals surface area (Å²) in [6, 6.07) is 18.8. The predicted molar refractivity (Wildman–Crippen MR) is 103 cm³/mol. The molecule has 4 rings (SSSR count). The molecule has 0 bridgehead atoms. The van der Waals surface area contributed by atoms with Crippen LogP contribution in [0.5, 0.6) is 0 Å². The minimum absolute atomic E-state index is 0.0369. The molecule has 0 radical (unpaired) electrons. The van der Waals surface area contributed by atoms with Crippen molar-refractivity contribution in [3.63, 3.8) is 0 Å². The Morgan fingerprint density at radius 1 is 1.19 bits per heavy atom. The third-order valence-corrected chi connectivity index (χ3v) is 4.99. The van der Waals surface area contributed by atoms with Crippen LogP contribution in [0, 0.1) is 11.3 Å². The van der Waals surface area contributed by atoms with Gasteiger partial charge in [0.2, 0.25) is 0 Å². The van der Waals surface area contributed by atoms with Gasteiger partial charge in [-0.25, -0.2) is 0 Å². The highest BCUT2D eigenvalue weighted by molar-refractivity contribution is 6.30. The minimum Gasteiger partial charge on any atom is -0.331 e. The third kappa shape index (κ3) is 3.32. The fraction of sp³-hybridized carbons (Fsp3) is 0.190. The van der Waals surface area contributed by atoms with E-state index < -0.39 is 0 Å². The molecule has 0 spiro atoms. The minimum atomic E-state index is -0.0369. The van der Waals surface area contributed by atoms with Crippen LogP contribution in [0.3, 0.4) is 0 Å². The Morgan fingerprint density at radius 3 is 2.56 bits per heavy atom. The van der Waals surface area contributed by atoms with Crippen LogP contribution in [0.15, 0.2) is 54.6 Å². The molecule has 1 atom stereocenters. The molecule has 0 aliphatic carbocycles. The van der Waals surface area contributed by atoms with Crippen molar-refractivity contribution in [2.24, 2.45) is 0 Å². The Hall–Kier alpha value is -3.10. The van der Waals surface area contributed by atoms with Crippen LogP contribution in [0.1, 0.15) is 34.6 Å². The lowest BCUT2D eigenvalue weighted by Crippen LogP contribution is -2.41. The average molecular weight is 377 g/mol. The van der Waals surface area contributed by atoms with Crippen LogP contribution in [0.4, 0.5) is 0 Å². The largest absolute Gasteiger partial charge is 0.331 e. The van der Waals surface area contributed by atoms with E-state index in [1.54, 1.807) is 12.1 Å². The van der Waals surface area contributed by atoms with Crippen LogP contribution in [-0.2, 0) is 6.54 Å². The number of nitriles is 1. The fourth-order valence-electron chi connectivity index (χ4n) is 3.33. The molecule has 0 saturated carbocycles. The van der Waals surface area contributed by atoms with Gasteiger partial charge < -0.3 is 4.90 Å². The lowest BCUT2D eigenvalue weighted by atomic mass is 10.1. The first kappa shape index (κ1) is 17.3. The number of carbonyl (C=O) groups is 1. The lowest BCUT2D eigenvalue weighted by molar-refractivity contribution is 0.0651. The van der Waals surface area contributed by atoms with Crippen molar-refractivity contribution in [2.75, 3.05) is 6.54 Å². The molecular formula is C21H17ClN4O. The van der Waals surface area contributed by atoms with Crippen LogP contribution in [0.25, 0.3) is 11.3 Å². The molecule has 1 aromatic heterocycles. The van der Waals surface area contributed by atoms with Crippen LogP contribution in [0.2, 0.25) is 5.02 Å². The molecule has 3 aromatic rings. The van der Waals surface area contributed by atoms with E-state index in [2.05, 4.69) is 18.1 Å². The number of amides is 1. The van der Waals surface area contributed by atoms with Gasteiger partial charge in [-0.1, -0.05) is 35.9 Å². The number of rotatable bonds is 3. The van der Waals surface area contributed by atoms with Gasteiger partial charge in [0.1, 0.15) is 5.69 Å². The van der Waals surface area contributed by atoms with Gasteiger partial charge in [0.05, 0.1) is 23.4 Å². The van der Waals surface area contributed by atoms with Gasteiger partial charge in [-0.05, 0) is 42.8 Å². The van der Waals surface area contributed by atoms with Gasteiger partial charge >= 0.3 is 0 Å². The van der Waals surface area contributed by atoms with E-state index in [0.717, 1.165) is 16.8 Å². The Kier molecular flexibility index (Phi) is 4.43. The van der Waals surface area contributed by atoms with Crippen LogP contribution >= 0.6 is 11.6 Å². The SMILES string of the molecule is C[C@H]1CN(Cc2ccc(C#N)cc2)C(=O)c2cc(-c3ccc(Cl)cc3)nn21. The zero-order valence-electron chi connectivity index (χ0n) is 14.8. The van der Waals surface area contributed by atoms with E-state index >= 15 is 0 Å². The zero-order chi connectivity index (χ0) is 19.0. The van der Waals surface area contributed by atoms with E-state index in [-0.39, 0.29) is 11.9 Å². The number of hydrogen-bond acceptors (Lipinski definition) is 3. The first-order valence-electron chi connectivity index (χ1n) is 8.69. The summed E-state index contributed by atoms with van der Waals surface area (Å²) in [6.07, 6.45) is 0. The standard InChI is InChI=1S/C21H17ClN4O/c1-14-12-25(13-16-4-2-15(11-23)3-5-16)21(27)20-10-19(24-26(14)20)17-6-8-18(22)9-7-17/h2-10,14H,12-13H2,1H3/t14-/m0/s1. The number of carbonyl (C=O) groups excluding carboxylic acids is 1. The summed E-state index contributed by atoms with van der Waals surface area (Å²) < 4.78 is 1.81. The molecule has 0 fully saturated rings. The van der Waals surface area contributed by atoms with Gasteiger partial charge in [0.25, 0.3) is 5.91 Å². The molecule has 0 unspecified atom stereocenters. The summed E-state index contributed by atoms with van der Waals surface area (Å²) in [5, 5.41) is 14.2. The quantitative estimate of drug-likeness (QED) is 0.685. The van der Waals surface area contributed by atoms with Gasteiger partial charge in [-0.2, -0.15) is 10.4 Å². The molecule has 1 aliphatic heterocycles. The molecule has 6 heteroatoms. The van der Waals surface area contributed by atoms with Crippen LogP contribution in [-0.4, -0.2) is 27.1 Å². The highest BCUT2D eigenvalue weighted by atomic mass is 35.5.